The first kappa shape index (κ1) is 15.3. The monoisotopic (exact) mass is 304 g/mol. The first-order valence-corrected chi connectivity index (χ1v) is 8.11. The molecule has 1 aliphatic carbocycles. The fraction of sp³-hybridized carbons (Fsp3) is 0.588. The highest BCUT2D eigenvalue weighted by Gasteiger charge is 2.33. The number of rotatable bonds is 4. The van der Waals surface area contributed by atoms with Crippen LogP contribution >= 0.6 is 0 Å². The van der Waals surface area contributed by atoms with Gasteiger partial charge in [-0.1, -0.05) is 12.5 Å². The second-order valence-electron chi connectivity index (χ2n) is 6.24. The summed E-state index contributed by atoms with van der Waals surface area (Å²) in [5.41, 5.74) is 1.13. The zero-order valence-electron chi connectivity index (χ0n) is 13.0. The summed E-state index contributed by atoms with van der Waals surface area (Å²) in [6.07, 6.45) is 3.80. The van der Waals surface area contributed by atoms with Gasteiger partial charge in [0.25, 0.3) is 0 Å². The zero-order chi connectivity index (χ0) is 15.5. The average Bonchev–Trinajstić information content (AvgIpc) is 2.45. The summed E-state index contributed by atoms with van der Waals surface area (Å²) in [5, 5.41) is 13.5. The number of nitrogens with zero attached hydrogens (tertiary/aromatic N) is 1. The zero-order valence-corrected chi connectivity index (χ0v) is 13.0. The molecular formula is C17H24N2O3. The Balaban J connectivity index is 1.83. The summed E-state index contributed by atoms with van der Waals surface area (Å²) in [6, 6.07) is 5.82. The van der Waals surface area contributed by atoms with E-state index in [2.05, 4.69) is 10.2 Å². The number of nitrogens with one attached hydrogen (secondary N) is 1. The van der Waals surface area contributed by atoms with Crippen molar-refractivity contribution in [3.63, 3.8) is 0 Å². The maximum Gasteiger partial charge on any atom is 0.308 e. The topological polar surface area (TPSA) is 61.8 Å². The largest absolute Gasteiger partial charge is 0.504 e. The molecule has 1 saturated heterocycles. The van der Waals surface area contributed by atoms with Crippen LogP contribution in [-0.2, 0) is 4.79 Å². The van der Waals surface area contributed by atoms with Crippen LogP contribution in [0.2, 0.25) is 0 Å². The molecular weight excluding hydrogens is 280 g/mol. The number of carbonyl (C=O) groups excluding carboxylic acids is 1. The molecule has 2 N–H and O–H groups in total. The first-order chi connectivity index (χ1) is 10.6. The second kappa shape index (κ2) is 6.67. The lowest BCUT2D eigenvalue weighted by molar-refractivity contribution is -0.132. The molecule has 0 amide bonds. The van der Waals surface area contributed by atoms with Gasteiger partial charge in [0.05, 0.1) is 0 Å². The van der Waals surface area contributed by atoms with Crippen LogP contribution in [0.4, 0.5) is 0 Å². The number of phenolic OH excluding ortho intramolecular Hbond substituents is 1. The molecule has 2 aliphatic rings. The molecule has 5 nitrogen and oxygen atoms in total. The van der Waals surface area contributed by atoms with E-state index in [1.165, 1.54) is 26.2 Å². The Morgan fingerprint density at radius 3 is 2.64 bits per heavy atom. The first-order valence-electron chi connectivity index (χ1n) is 8.11. The van der Waals surface area contributed by atoms with Gasteiger partial charge in [-0.2, -0.15) is 0 Å². The Morgan fingerprint density at radius 2 is 2.09 bits per heavy atom. The van der Waals surface area contributed by atoms with Crippen LogP contribution in [0.25, 0.3) is 0 Å². The lowest BCUT2D eigenvalue weighted by Crippen LogP contribution is -2.47. The molecule has 0 radical (unpaired) electrons. The van der Waals surface area contributed by atoms with Gasteiger partial charge in [-0.15, -0.1) is 0 Å². The molecule has 0 unspecified atom stereocenters. The number of phenols is 1. The molecule has 1 atom stereocenters. The van der Waals surface area contributed by atoms with E-state index in [0.29, 0.717) is 12.0 Å². The maximum absolute atomic E-state index is 11.0. The van der Waals surface area contributed by atoms with Gasteiger partial charge in [-0.3, -0.25) is 9.69 Å². The van der Waals surface area contributed by atoms with E-state index in [9.17, 15) is 9.90 Å². The van der Waals surface area contributed by atoms with Gasteiger partial charge in [0.15, 0.2) is 11.5 Å². The average molecular weight is 304 g/mol. The van der Waals surface area contributed by atoms with Crippen molar-refractivity contribution in [2.24, 2.45) is 5.92 Å². The molecule has 1 heterocycles. The Labute approximate surface area is 131 Å². The van der Waals surface area contributed by atoms with E-state index >= 15 is 0 Å². The number of benzene rings is 1. The third kappa shape index (κ3) is 3.25. The highest BCUT2D eigenvalue weighted by atomic mass is 16.5. The van der Waals surface area contributed by atoms with Crippen molar-refractivity contribution in [3.05, 3.63) is 23.8 Å². The van der Waals surface area contributed by atoms with Gasteiger partial charge in [-0.05, 0) is 36.5 Å². The number of hydrogen-bond acceptors (Lipinski definition) is 5. The third-order valence-electron chi connectivity index (χ3n) is 4.72. The number of piperazine rings is 1. The molecule has 0 bridgehead atoms. The number of hydrogen-bond donors (Lipinski definition) is 2. The van der Waals surface area contributed by atoms with Crippen molar-refractivity contribution in [1.82, 2.24) is 10.2 Å². The van der Waals surface area contributed by atoms with Gasteiger partial charge in [0.2, 0.25) is 0 Å². The lowest BCUT2D eigenvalue weighted by Gasteiger charge is -2.43. The minimum absolute atomic E-state index is 0.0483. The predicted molar refractivity (Wildman–Crippen MR) is 83.9 cm³/mol. The van der Waals surface area contributed by atoms with Crippen LogP contribution in [0.1, 0.15) is 37.8 Å². The third-order valence-corrected chi connectivity index (χ3v) is 4.72. The summed E-state index contributed by atoms with van der Waals surface area (Å²) in [4.78, 5) is 13.6. The molecule has 1 saturated carbocycles. The molecule has 1 aliphatic heterocycles. The van der Waals surface area contributed by atoms with Gasteiger partial charge in [0, 0.05) is 39.1 Å². The summed E-state index contributed by atoms with van der Waals surface area (Å²) in [6.45, 7) is 5.44. The minimum Gasteiger partial charge on any atom is -0.504 e. The lowest BCUT2D eigenvalue weighted by atomic mass is 9.76. The van der Waals surface area contributed by atoms with Crippen molar-refractivity contribution in [2.45, 2.75) is 32.2 Å². The van der Waals surface area contributed by atoms with Crippen LogP contribution in [-0.4, -0.2) is 42.2 Å². The smallest absolute Gasteiger partial charge is 0.308 e. The summed E-state index contributed by atoms with van der Waals surface area (Å²) in [5.74, 6) is 0.536. The van der Waals surface area contributed by atoms with Crippen LogP contribution in [0.5, 0.6) is 11.5 Å². The van der Waals surface area contributed by atoms with Gasteiger partial charge < -0.3 is 15.2 Å². The molecule has 2 fully saturated rings. The number of carbonyl (C=O) groups is 1. The molecule has 0 aromatic heterocycles. The van der Waals surface area contributed by atoms with E-state index in [1.54, 1.807) is 12.1 Å². The molecule has 3 rings (SSSR count). The second-order valence-corrected chi connectivity index (χ2v) is 6.24. The van der Waals surface area contributed by atoms with E-state index in [4.69, 9.17) is 4.74 Å². The van der Waals surface area contributed by atoms with Crippen LogP contribution < -0.4 is 10.1 Å². The molecule has 1 aromatic rings. The number of ether oxygens (including phenoxy) is 1. The van der Waals surface area contributed by atoms with E-state index in [1.807, 2.05) is 6.07 Å². The summed E-state index contributed by atoms with van der Waals surface area (Å²) >= 11 is 0. The van der Waals surface area contributed by atoms with Crippen LogP contribution in [0.15, 0.2) is 18.2 Å². The fourth-order valence-electron chi connectivity index (χ4n) is 3.46. The Hall–Kier alpha value is -1.59. The molecule has 22 heavy (non-hydrogen) atoms. The quantitative estimate of drug-likeness (QED) is 0.658. The predicted octanol–water partition coefficient (Wildman–Crippen LogP) is 2.06. The highest BCUT2D eigenvalue weighted by molar-refractivity contribution is 5.70. The van der Waals surface area contributed by atoms with Crippen molar-refractivity contribution >= 4 is 5.97 Å². The molecule has 5 heteroatoms. The Morgan fingerprint density at radius 1 is 1.36 bits per heavy atom. The van der Waals surface area contributed by atoms with Crippen LogP contribution in [0.3, 0.4) is 0 Å². The Kier molecular flexibility index (Phi) is 4.64. The van der Waals surface area contributed by atoms with E-state index in [0.717, 1.165) is 31.7 Å². The van der Waals surface area contributed by atoms with E-state index < -0.39 is 5.97 Å². The van der Waals surface area contributed by atoms with Crippen molar-refractivity contribution in [3.8, 4) is 11.5 Å². The molecule has 1 aromatic carbocycles. The standard InChI is InChI=1S/C17H24N2O3/c1-12(20)22-16-6-5-14(11-15(16)21)17(13-3-2-4-13)19-9-7-18-8-10-19/h5-6,11,13,17-18,21H,2-4,7-10H2,1H3/t17-/m0/s1. The highest BCUT2D eigenvalue weighted by Crippen LogP contribution is 2.43. The fourth-order valence-corrected chi connectivity index (χ4v) is 3.46. The molecule has 0 spiro atoms. The SMILES string of the molecule is CC(=O)Oc1ccc([C@H](C2CCC2)N2CCNCC2)cc1O. The van der Waals surface area contributed by atoms with Gasteiger partial charge >= 0.3 is 5.97 Å². The van der Waals surface area contributed by atoms with Crippen molar-refractivity contribution in [1.29, 1.82) is 0 Å². The number of esters is 1. The molecule has 120 valence electrons. The van der Waals surface area contributed by atoms with Crippen molar-refractivity contribution in [2.75, 3.05) is 26.2 Å². The van der Waals surface area contributed by atoms with Gasteiger partial charge in [-0.25, -0.2) is 0 Å². The normalized spacial score (nSPS) is 21.1. The summed E-state index contributed by atoms with van der Waals surface area (Å²) in [7, 11) is 0. The van der Waals surface area contributed by atoms with Crippen LogP contribution in [0, 0.1) is 5.92 Å². The van der Waals surface area contributed by atoms with E-state index in [-0.39, 0.29) is 11.5 Å². The minimum atomic E-state index is -0.416. The van der Waals surface area contributed by atoms with Gasteiger partial charge in [0.1, 0.15) is 0 Å². The maximum atomic E-state index is 11.0. The van der Waals surface area contributed by atoms with Crippen molar-refractivity contribution < 1.29 is 14.6 Å². The summed E-state index contributed by atoms with van der Waals surface area (Å²) < 4.78 is 5.01. The Bertz CT molecular complexity index is 537. The number of aromatic hydroxyl groups is 1.